The van der Waals surface area contributed by atoms with Crippen LogP contribution in [-0.4, -0.2) is 23.9 Å². The van der Waals surface area contributed by atoms with E-state index in [1.165, 1.54) is 0 Å². The molecule has 3 N–H and O–H groups in total. The first-order valence-corrected chi connectivity index (χ1v) is 3.77. The van der Waals surface area contributed by atoms with Crippen LogP contribution in [0, 0.1) is 5.92 Å². The molecule has 0 saturated carbocycles. The first-order valence-electron chi connectivity index (χ1n) is 3.77. The Morgan fingerprint density at radius 3 is 3.00 bits per heavy atom. The molecule has 0 spiro atoms. The van der Waals surface area contributed by atoms with Crippen molar-refractivity contribution in [2.75, 3.05) is 6.61 Å². The van der Waals surface area contributed by atoms with Gasteiger partial charge in [0, 0.05) is 13.0 Å². The summed E-state index contributed by atoms with van der Waals surface area (Å²) in [4.78, 5) is 10.3. The molecule has 0 amide bonds. The van der Waals surface area contributed by atoms with E-state index >= 15 is 0 Å². The van der Waals surface area contributed by atoms with Crippen molar-refractivity contribution in [2.24, 2.45) is 11.7 Å². The Labute approximate surface area is 65.3 Å². The molecule has 0 unspecified atom stereocenters. The number of carboxylic acid groups (broad SMARTS) is 1. The van der Waals surface area contributed by atoms with Gasteiger partial charge in [0.25, 0.3) is 0 Å². The molecular formula is C7H13NO3. The molecule has 2 atom stereocenters. The SMILES string of the molecule is N[C@@H]1C[C@@H](CC(=O)O)CCO1. The van der Waals surface area contributed by atoms with Gasteiger partial charge < -0.3 is 15.6 Å². The molecule has 1 aliphatic heterocycles. The lowest BCUT2D eigenvalue weighted by atomic mass is 9.95. The van der Waals surface area contributed by atoms with Crippen LogP contribution in [0.1, 0.15) is 19.3 Å². The van der Waals surface area contributed by atoms with E-state index in [9.17, 15) is 4.79 Å². The number of hydrogen-bond donors (Lipinski definition) is 2. The number of ether oxygens (including phenoxy) is 1. The molecule has 0 aromatic heterocycles. The minimum Gasteiger partial charge on any atom is -0.481 e. The lowest BCUT2D eigenvalue weighted by Crippen LogP contribution is -2.33. The van der Waals surface area contributed by atoms with E-state index in [1.54, 1.807) is 0 Å². The minimum atomic E-state index is -0.746. The van der Waals surface area contributed by atoms with Crippen molar-refractivity contribution in [3.05, 3.63) is 0 Å². The third-order valence-electron chi connectivity index (χ3n) is 1.89. The maximum absolute atomic E-state index is 10.3. The second-order valence-corrected chi connectivity index (χ2v) is 2.90. The zero-order valence-electron chi connectivity index (χ0n) is 6.32. The Bertz CT molecular complexity index is 149. The van der Waals surface area contributed by atoms with Crippen molar-refractivity contribution in [1.29, 1.82) is 0 Å². The molecule has 64 valence electrons. The molecule has 4 nitrogen and oxygen atoms in total. The standard InChI is InChI=1S/C7H13NO3/c8-6-3-5(1-2-11-6)4-7(9)10/h5-6H,1-4,8H2,(H,9,10)/t5-,6-/m0/s1. The fourth-order valence-corrected chi connectivity index (χ4v) is 1.33. The van der Waals surface area contributed by atoms with Crippen LogP contribution in [0.4, 0.5) is 0 Å². The van der Waals surface area contributed by atoms with Crippen molar-refractivity contribution < 1.29 is 14.6 Å². The summed E-state index contributed by atoms with van der Waals surface area (Å²) in [5, 5.41) is 8.47. The lowest BCUT2D eigenvalue weighted by Gasteiger charge is -2.25. The van der Waals surface area contributed by atoms with E-state index in [1.807, 2.05) is 0 Å². The maximum Gasteiger partial charge on any atom is 0.303 e. The zero-order chi connectivity index (χ0) is 8.27. The summed E-state index contributed by atoms with van der Waals surface area (Å²) in [5.41, 5.74) is 5.49. The molecule has 0 aromatic rings. The number of hydrogen-bond acceptors (Lipinski definition) is 3. The van der Waals surface area contributed by atoms with Crippen LogP contribution in [0.15, 0.2) is 0 Å². The molecule has 0 bridgehead atoms. The van der Waals surface area contributed by atoms with Crippen LogP contribution in [-0.2, 0) is 9.53 Å². The number of aliphatic carboxylic acids is 1. The summed E-state index contributed by atoms with van der Waals surface area (Å²) < 4.78 is 5.07. The highest BCUT2D eigenvalue weighted by Crippen LogP contribution is 2.20. The average Bonchev–Trinajstić information content (AvgIpc) is 1.85. The summed E-state index contributed by atoms with van der Waals surface area (Å²) in [6.07, 6.45) is 1.46. The van der Waals surface area contributed by atoms with E-state index in [2.05, 4.69) is 0 Å². The quantitative estimate of drug-likeness (QED) is 0.602. The van der Waals surface area contributed by atoms with Gasteiger partial charge in [-0.15, -0.1) is 0 Å². The van der Waals surface area contributed by atoms with Crippen molar-refractivity contribution >= 4 is 5.97 Å². The van der Waals surface area contributed by atoms with Crippen LogP contribution in [0.3, 0.4) is 0 Å². The zero-order valence-corrected chi connectivity index (χ0v) is 6.32. The summed E-state index contributed by atoms with van der Waals surface area (Å²) in [6, 6.07) is 0. The number of nitrogens with two attached hydrogens (primary N) is 1. The van der Waals surface area contributed by atoms with Gasteiger partial charge in [-0.3, -0.25) is 4.79 Å². The number of carbonyl (C=O) groups is 1. The molecular weight excluding hydrogens is 146 g/mol. The van der Waals surface area contributed by atoms with Crippen molar-refractivity contribution in [2.45, 2.75) is 25.5 Å². The largest absolute Gasteiger partial charge is 0.481 e. The van der Waals surface area contributed by atoms with Gasteiger partial charge in [0.1, 0.15) is 6.23 Å². The molecule has 0 aromatic carbocycles. The molecule has 11 heavy (non-hydrogen) atoms. The van der Waals surface area contributed by atoms with Gasteiger partial charge in [-0.05, 0) is 18.8 Å². The maximum atomic E-state index is 10.3. The predicted octanol–water partition coefficient (Wildman–Crippen LogP) is 0.172. The van der Waals surface area contributed by atoms with Gasteiger partial charge in [-0.25, -0.2) is 0 Å². The van der Waals surface area contributed by atoms with Crippen LogP contribution >= 0.6 is 0 Å². The Hall–Kier alpha value is -0.610. The molecule has 1 saturated heterocycles. The Balaban J connectivity index is 2.28. The smallest absolute Gasteiger partial charge is 0.303 e. The van der Waals surface area contributed by atoms with Crippen LogP contribution in [0.2, 0.25) is 0 Å². The van der Waals surface area contributed by atoms with Gasteiger partial charge in [0.05, 0.1) is 0 Å². The molecule has 1 heterocycles. The predicted molar refractivity (Wildman–Crippen MR) is 38.9 cm³/mol. The lowest BCUT2D eigenvalue weighted by molar-refractivity contribution is -0.139. The van der Waals surface area contributed by atoms with Crippen molar-refractivity contribution in [3.63, 3.8) is 0 Å². The molecule has 1 rings (SSSR count). The van der Waals surface area contributed by atoms with E-state index < -0.39 is 5.97 Å². The van der Waals surface area contributed by atoms with E-state index in [0.717, 1.165) is 6.42 Å². The van der Waals surface area contributed by atoms with E-state index in [4.69, 9.17) is 15.6 Å². The van der Waals surface area contributed by atoms with Crippen molar-refractivity contribution in [1.82, 2.24) is 0 Å². The number of rotatable bonds is 2. The third-order valence-corrected chi connectivity index (χ3v) is 1.89. The Morgan fingerprint density at radius 2 is 2.45 bits per heavy atom. The summed E-state index contributed by atoms with van der Waals surface area (Å²) >= 11 is 0. The topological polar surface area (TPSA) is 72.6 Å². The van der Waals surface area contributed by atoms with Crippen LogP contribution in [0.5, 0.6) is 0 Å². The highest BCUT2D eigenvalue weighted by molar-refractivity contribution is 5.67. The molecule has 1 aliphatic rings. The molecule has 1 fully saturated rings. The first-order chi connectivity index (χ1) is 5.18. The van der Waals surface area contributed by atoms with Gasteiger partial charge in [-0.2, -0.15) is 0 Å². The third kappa shape index (κ3) is 2.86. The highest BCUT2D eigenvalue weighted by atomic mass is 16.5. The van der Waals surface area contributed by atoms with Gasteiger partial charge in [0.2, 0.25) is 0 Å². The number of carboxylic acids is 1. The minimum absolute atomic E-state index is 0.205. The van der Waals surface area contributed by atoms with Gasteiger partial charge in [0.15, 0.2) is 0 Å². The fourth-order valence-electron chi connectivity index (χ4n) is 1.33. The normalized spacial score (nSPS) is 31.7. The summed E-state index contributed by atoms with van der Waals surface area (Å²) in [5.74, 6) is -0.541. The van der Waals surface area contributed by atoms with Gasteiger partial charge >= 0.3 is 5.97 Å². The Kier molecular flexibility index (Phi) is 2.84. The average molecular weight is 159 g/mol. The second kappa shape index (κ2) is 3.69. The van der Waals surface area contributed by atoms with Crippen LogP contribution in [0.25, 0.3) is 0 Å². The van der Waals surface area contributed by atoms with E-state index in [-0.39, 0.29) is 18.6 Å². The molecule has 0 radical (unpaired) electrons. The summed E-state index contributed by atoms with van der Waals surface area (Å²) in [6.45, 7) is 0.596. The molecule has 0 aliphatic carbocycles. The van der Waals surface area contributed by atoms with E-state index in [0.29, 0.717) is 13.0 Å². The highest BCUT2D eigenvalue weighted by Gasteiger charge is 2.21. The molecule has 4 heteroatoms. The van der Waals surface area contributed by atoms with Crippen LogP contribution < -0.4 is 5.73 Å². The van der Waals surface area contributed by atoms with Crippen molar-refractivity contribution in [3.8, 4) is 0 Å². The van der Waals surface area contributed by atoms with Gasteiger partial charge in [-0.1, -0.05) is 0 Å². The second-order valence-electron chi connectivity index (χ2n) is 2.90. The first kappa shape index (κ1) is 8.49. The summed E-state index contributed by atoms with van der Waals surface area (Å²) in [7, 11) is 0. The monoisotopic (exact) mass is 159 g/mol. The Morgan fingerprint density at radius 1 is 1.73 bits per heavy atom. The fraction of sp³-hybridized carbons (Fsp3) is 0.857.